The summed E-state index contributed by atoms with van der Waals surface area (Å²) in [7, 11) is 1.63. The molecule has 0 aliphatic carbocycles. The van der Waals surface area contributed by atoms with Gasteiger partial charge < -0.3 is 25.2 Å². The molecule has 2 N–H and O–H groups in total. The Morgan fingerprint density at radius 2 is 1.77 bits per heavy atom. The molecule has 0 unspecified atom stereocenters. The summed E-state index contributed by atoms with van der Waals surface area (Å²) < 4.78 is 19.8. The van der Waals surface area contributed by atoms with Gasteiger partial charge in [0, 0.05) is 37.7 Å². The van der Waals surface area contributed by atoms with Gasteiger partial charge in [0.25, 0.3) is 0 Å². The van der Waals surface area contributed by atoms with Crippen molar-refractivity contribution in [1.29, 1.82) is 0 Å². The van der Waals surface area contributed by atoms with Crippen LogP contribution in [0.5, 0.6) is 5.75 Å². The van der Waals surface area contributed by atoms with Gasteiger partial charge in [0.15, 0.2) is 5.82 Å². The van der Waals surface area contributed by atoms with Gasteiger partial charge >= 0.3 is 0 Å². The van der Waals surface area contributed by atoms with Crippen LogP contribution >= 0.6 is 0 Å². The monoisotopic (exact) mass is 649 g/mol. The average Bonchev–Trinajstić information content (AvgIpc) is 3.59. The first-order chi connectivity index (χ1) is 23.5. The molecular formula is C37H40FN7O3. The van der Waals surface area contributed by atoms with Crippen molar-refractivity contribution in [1.82, 2.24) is 14.9 Å². The molecule has 1 amide bonds. The molecule has 48 heavy (non-hydrogen) atoms. The van der Waals surface area contributed by atoms with Crippen molar-refractivity contribution in [2.24, 2.45) is 0 Å². The molecule has 3 fully saturated rings. The van der Waals surface area contributed by atoms with Crippen LogP contribution in [0.2, 0.25) is 0 Å². The Labute approximate surface area is 280 Å². The Hall–Kier alpha value is -5.00. The van der Waals surface area contributed by atoms with Crippen molar-refractivity contribution < 1.29 is 18.8 Å². The van der Waals surface area contributed by atoms with Crippen LogP contribution in [0, 0.1) is 5.82 Å². The molecule has 0 spiro atoms. The standard InChI is InChI=1S/C37H40FN7O3/c1-3-37(46)42-30-21-31(34(47-2)22-33(30)44-16-11-29(12-17-44)43-14-6-15-43)41-35-23-36(40-24-39-35)45-32(13-18-48-45)27-9-4-7-25(19-27)26-8-5-10-28(38)20-26/h3-5,7-10,19-24,29,32H,1,6,11-18H2,2H3,(H,42,46)(H,39,40,41)/t32-/m1/s1. The van der Waals surface area contributed by atoms with Crippen LogP contribution in [0.4, 0.5) is 33.1 Å². The van der Waals surface area contributed by atoms with Crippen LogP contribution in [-0.4, -0.2) is 66.7 Å². The van der Waals surface area contributed by atoms with E-state index in [4.69, 9.17) is 9.57 Å². The minimum Gasteiger partial charge on any atom is -0.494 e. The van der Waals surface area contributed by atoms with Crippen LogP contribution in [-0.2, 0) is 9.63 Å². The maximum atomic E-state index is 13.9. The number of benzene rings is 3. The molecule has 3 aromatic carbocycles. The summed E-state index contributed by atoms with van der Waals surface area (Å²) in [4.78, 5) is 32.5. The van der Waals surface area contributed by atoms with Crippen molar-refractivity contribution >= 4 is 34.6 Å². The number of hydroxylamine groups is 1. The number of ether oxygens (including phenoxy) is 1. The highest BCUT2D eigenvalue weighted by atomic mass is 19.1. The van der Waals surface area contributed by atoms with Gasteiger partial charge in [0.2, 0.25) is 5.91 Å². The lowest BCUT2D eigenvalue weighted by Gasteiger charge is -2.43. The quantitative estimate of drug-likeness (QED) is 0.182. The van der Waals surface area contributed by atoms with Crippen molar-refractivity contribution in [3.8, 4) is 16.9 Å². The second-order valence-electron chi connectivity index (χ2n) is 12.4. The lowest BCUT2D eigenvalue weighted by molar-refractivity contribution is -0.111. The fourth-order valence-electron chi connectivity index (χ4n) is 6.82. The lowest BCUT2D eigenvalue weighted by Crippen LogP contribution is -2.50. The number of likely N-dealkylation sites (tertiary alicyclic amines) is 1. The smallest absolute Gasteiger partial charge is 0.247 e. The average molecular weight is 650 g/mol. The summed E-state index contributed by atoms with van der Waals surface area (Å²) in [5, 5.41) is 8.19. The van der Waals surface area contributed by atoms with E-state index < -0.39 is 0 Å². The van der Waals surface area contributed by atoms with Gasteiger partial charge in [-0.1, -0.05) is 36.9 Å². The van der Waals surface area contributed by atoms with Crippen molar-refractivity contribution in [3.05, 3.63) is 97.1 Å². The maximum Gasteiger partial charge on any atom is 0.247 e. The number of carbonyl (C=O) groups excluding carboxylic acids is 1. The molecule has 0 radical (unpaired) electrons. The first kappa shape index (κ1) is 31.6. The number of nitrogens with one attached hydrogen (secondary N) is 2. The zero-order valence-corrected chi connectivity index (χ0v) is 27.1. The summed E-state index contributed by atoms with van der Waals surface area (Å²) in [6, 6.07) is 20.9. The number of anilines is 5. The molecule has 4 heterocycles. The predicted molar refractivity (Wildman–Crippen MR) is 186 cm³/mol. The van der Waals surface area contributed by atoms with Crippen LogP contribution < -0.4 is 25.3 Å². The molecule has 1 aromatic heterocycles. The molecule has 3 aliphatic heterocycles. The summed E-state index contributed by atoms with van der Waals surface area (Å²) in [5.41, 5.74) is 5.00. The van der Waals surface area contributed by atoms with Gasteiger partial charge in [-0.15, -0.1) is 0 Å². The number of halogens is 1. The maximum absolute atomic E-state index is 13.9. The molecule has 7 rings (SSSR count). The zero-order valence-electron chi connectivity index (χ0n) is 27.1. The van der Waals surface area contributed by atoms with E-state index in [9.17, 15) is 9.18 Å². The Morgan fingerprint density at radius 3 is 2.50 bits per heavy atom. The van der Waals surface area contributed by atoms with Crippen LogP contribution in [0.3, 0.4) is 0 Å². The number of piperidine rings is 1. The third-order valence-electron chi connectivity index (χ3n) is 9.45. The van der Waals surface area contributed by atoms with Gasteiger partial charge in [0.05, 0.1) is 36.8 Å². The zero-order chi connectivity index (χ0) is 33.0. The first-order valence-electron chi connectivity index (χ1n) is 16.5. The highest BCUT2D eigenvalue weighted by Crippen LogP contribution is 2.41. The Bertz CT molecular complexity index is 1790. The highest BCUT2D eigenvalue weighted by molar-refractivity contribution is 6.02. The van der Waals surface area contributed by atoms with E-state index in [1.54, 1.807) is 18.2 Å². The molecule has 0 saturated carbocycles. The van der Waals surface area contributed by atoms with Crippen molar-refractivity contribution in [2.75, 3.05) is 60.5 Å². The number of nitrogens with zero attached hydrogens (tertiary/aromatic N) is 5. The molecule has 1 atom stereocenters. The Balaban J connectivity index is 1.13. The normalized spacial score (nSPS) is 18.3. The SMILES string of the molecule is C=CC(=O)Nc1cc(Nc2cc(N3OCC[C@@H]3c3cccc(-c4cccc(F)c4)c3)ncn2)c(OC)cc1N1CCC(N2CCC2)CC1. The second-order valence-corrected chi connectivity index (χ2v) is 12.4. The molecular weight excluding hydrogens is 609 g/mol. The number of amides is 1. The number of methoxy groups -OCH3 is 1. The number of rotatable bonds is 10. The fourth-order valence-corrected chi connectivity index (χ4v) is 6.82. The number of hydrogen-bond donors (Lipinski definition) is 2. The van der Waals surface area contributed by atoms with Crippen molar-refractivity contribution in [2.45, 2.75) is 37.8 Å². The topological polar surface area (TPSA) is 95.1 Å². The van der Waals surface area contributed by atoms with Crippen LogP contribution in [0.25, 0.3) is 11.1 Å². The van der Waals surface area contributed by atoms with E-state index in [1.807, 2.05) is 36.4 Å². The molecule has 10 nitrogen and oxygen atoms in total. The van der Waals surface area contributed by atoms with Gasteiger partial charge in [-0.05, 0) is 79.4 Å². The van der Waals surface area contributed by atoms with Gasteiger partial charge in [0.1, 0.15) is 23.7 Å². The predicted octanol–water partition coefficient (Wildman–Crippen LogP) is 6.72. The molecule has 3 saturated heterocycles. The van der Waals surface area contributed by atoms with Gasteiger partial charge in [-0.2, -0.15) is 0 Å². The van der Waals surface area contributed by atoms with E-state index in [0.717, 1.165) is 54.7 Å². The molecule has 0 bridgehead atoms. The van der Waals surface area contributed by atoms with Gasteiger partial charge in [-0.3, -0.25) is 9.63 Å². The number of hydrogen-bond acceptors (Lipinski definition) is 9. The van der Waals surface area contributed by atoms with Gasteiger partial charge in [-0.25, -0.2) is 19.4 Å². The third-order valence-corrected chi connectivity index (χ3v) is 9.45. The minimum atomic E-state index is -0.286. The lowest BCUT2D eigenvalue weighted by atomic mass is 9.98. The largest absolute Gasteiger partial charge is 0.494 e. The summed E-state index contributed by atoms with van der Waals surface area (Å²) in [6.45, 7) is 8.35. The van der Waals surface area contributed by atoms with E-state index in [2.05, 4.69) is 49.1 Å². The summed E-state index contributed by atoms with van der Waals surface area (Å²) in [6.07, 6.45) is 6.97. The highest BCUT2D eigenvalue weighted by Gasteiger charge is 2.31. The number of aromatic nitrogens is 2. The molecule has 3 aliphatic rings. The third kappa shape index (κ3) is 6.69. The Kier molecular flexibility index (Phi) is 9.22. The van der Waals surface area contributed by atoms with E-state index in [-0.39, 0.29) is 17.8 Å². The molecule has 4 aromatic rings. The molecule has 11 heteroatoms. The number of carbonyl (C=O) groups is 1. The van der Waals surface area contributed by atoms with E-state index >= 15 is 0 Å². The molecule has 248 valence electrons. The van der Waals surface area contributed by atoms with Crippen LogP contribution in [0.15, 0.2) is 85.7 Å². The fraction of sp³-hybridized carbons (Fsp3) is 0.324. The minimum absolute atomic E-state index is 0.0963. The summed E-state index contributed by atoms with van der Waals surface area (Å²) in [5.74, 6) is 1.19. The Morgan fingerprint density at radius 1 is 0.979 bits per heavy atom. The van der Waals surface area contributed by atoms with Crippen LogP contribution in [0.1, 0.15) is 37.3 Å². The first-order valence-corrected chi connectivity index (χ1v) is 16.5. The van der Waals surface area contributed by atoms with Crippen molar-refractivity contribution in [3.63, 3.8) is 0 Å². The second kappa shape index (κ2) is 14.0. The van der Waals surface area contributed by atoms with E-state index in [1.165, 1.54) is 44.0 Å². The van der Waals surface area contributed by atoms with E-state index in [0.29, 0.717) is 41.4 Å². The summed E-state index contributed by atoms with van der Waals surface area (Å²) >= 11 is 0.